The highest BCUT2D eigenvalue weighted by Gasteiger charge is 2.33. The van der Waals surface area contributed by atoms with Crippen LogP contribution in [0.25, 0.3) is 0 Å². The summed E-state index contributed by atoms with van der Waals surface area (Å²) in [6.45, 7) is 4.03. The molecule has 0 saturated carbocycles. The Kier molecular flexibility index (Phi) is 6.47. The number of thiazole rings is 1. The maximum atomic E-state index is 12.9. The molecule has 2 N–H and O–H groups in total. The molecule has 1 heterocycles. The summed E-state index contributed by atoms with van der Waals surface area (Å²) in [5, 5.41) is 6.60. The van der Waals surface area contributed by atoms with Crippen LogP contribution < -0.4 is 10.6 Å². The Morgan fingerprint density at radius 2 is 1.87 bits per heavy atom. The first-order valence-electron chi connectivity index (χ1n) is 10.7. The number of nitrogens with zero attached hydrogens (tertiary/aromatic N) is 1. The van der Waals surface area contributed by atoms with Crippen LogP contribution in [0, 0.1) is 6.92 Å². The van der Waals surface area contributed by atoms with Gasteiger partial charge < -0.3 is 5.32 Å². The van der Waals surface area contributed by atoms with Crippen LogP contribution >= 0.6 is 11.3 Å². The minimum absolute atomic E-state index is 0.0287. The molecule has 1 aromatic heterocycles. The quantitative estimate of drug-likeness (QED) is 0.558. The average molecular weight is 434 g/mol. The van der Waals surface area contributed by atoms with E-state index in [1.54, 1.807) is 12.1 Å². The van der Waals surface area contributed by atoms with Gasteiger partial charge >= 0.3 is 0 Å². The number of carbonyl (C=O) groups is 2. The normalized spacial score (nSPS) is 15.9. The van der Waals surface area contributed by atoms with Crippen molar-refractivity contribution in [3.63, 3.8) is 0 Å². The summed E-state index contributed by atoms with van der Waals surface area (Å²) in [4.78, 5) is 31.1. The van der Waals surface area contributed by atoms with Crippen LogP contribution in [0.4, 0.5) is 5.13 Å². The van der Waals surface area contributed by atoms with Gasteiger partial charge in [0.1, 0.15) is 0 Å². The van der Waals surface area contributed by atoms with Crippen molar-refractivity contribution in [1.29, 1.82) is 0 Å². The van der Waals surface area contributed by atoms with Gasteiger partial charge in [0.05, 0.1) is 11.6 Å². The topological polar surface area (TPSA) is 71.1 Å². The Morgan fingerprint density at radius 1 is 1.13 bits per heavy atom. The molecule has 2 amide bonds. The Labute approximate surface area is 186 Å². The highest BCUT2D eigenvalue weighted by molar-refractivity contribution is 7.16. The number of hydrogen-bond donors (Lipinski definition) is 2. The fraction of sp³-hybridized carbons (Fsp3) is 0.320. The van der Waals surface area contributed by atoms with Crippen LogP contribution in [-0.4, -0.2) is 22.8 Å². The molecule has 3 aromatic rings. The SMILES string of the molecule is Cc1ccc(C(=O)Nc2nc3c(s2)CCC3C(=O)NC(C)CCc2ccccc2)cc1. The first kappa shape index (κ1) is 21.2. The average Bonchev–Trinajstić information content (AvgIpc) is 3.33. The van der Waals surface area contributed by atoms with Gasteiger partial charge in [0.25, 0.3) is 5.91 Å². The predicted octanol–water partition coefficient (Wildman–Crippen LogP) is 4.87. The summed E-state index contributed by atoms with van der Waals surface area (Å²) < 4.78 is 0. The number of fused-ring (bicyclic) bond motifs is 1. The van der Waals surface area contributed by atoms with Gasteiger partial charge in [-0.2, -0.15) is 0 Å². The second-order valence-electron chi connectivity index (χ2n) is 8.17. The maximum Gasteiger partial charge on any atom is 0.257 e. The van der Waals surface area contributed by atoms with Crippen LogP contribution in [0.1, 0.15) is 57.7 Å². The molecule has 0 fully saturated rings. The zero-order chi connectivity index (χ0) is 21.8. The third-order valence-corrected chi connectivity index (χ3v) is 6.71. The van der Waals surface area contributed by atoms with E-state index in [0.29, 0.717) is 10.7 Å². The van der Waals surface area contributed by atoms with Gasteiger partial charge in [-0.25, -0.2) is 4.98 Å². The van der Waals surface area contributed by atoms with Crippen LogP contribution in [0.2, 0.25) is 0 Å². The van der Waals surface area contributed by atoms with Crippen LogP contribution in [0.3, 0.4) is 0 Å². The van der Waals surface area contributed by atoms with E-state index < -0.39 is 0 Å². The van der Waals surface area contributed by atoms with Gasteiger partial charge in [0.15, 0.2) is 5.13 Å². The van der Waals surface area contributed by atoms with E-state index in [9.17, 15) is 9.59 Å². The van der Waals surface area contributed by atoms with Gasteiger partial charge in [-0.3, -0.25) is 14.9 Å². The zero-order valence-electron chi connectivity index (χ0n) is 17.9. The molecular weight excluding hydrogens is 406 g/mol. The molecule has 31 heavy (non-hydrogen) atoms. The van der Waals surface area contributed by atoms with E-state index in [2.05, 4.69) is 27.8 Å². The minimum Gasteiger partial charge on any atom is -0.353 e. The molecule has 2 aromatic carbocycles. The number of aromatic nitrogens is 1. The number of rotatable bonds is 7. The van der Waals surface area contributed by atoms with E-state index in [1.807, 2.05) is 44.2 Å². The number of nitrogens with one attached hydrogen (secondary N) is 2. The molecule has 1 aliphatic rings. The fourth-order valence-corrected chi connectivity index (χ4v) is 4.89. The third kappa shape index (κ3) is 5.20. The van der Waals surface area contributed by atoms with Crippen molar-refractivity contribution in [2.45, 2.75) is 51.5 Å². The molecule has 0 bridgehead atoms. The molecule has 4 rings (SSSR count). The van der Waals surface area contributed by atoms with Gasteiger partial charge in [-0.1, -0.05) is 48.0 Å². The van der Waals surface area contributed by atoms with Crippen molar-refractivity contribution >= 4 is 28.3 Å². The van der Waals surface area contributed by atoms with Gasteiger partial charge in [-0.15, -0.1) is 11.3 Å². The van der Waals surface area contributed by atoms with E-state index in [0.717, 1.165) is 41.8 Å². The highest BCUT2D eigenvalue weighted by Crippen LogP contribution is 2.38. The largest absolute Gasteiger partial charge is 0.353 e. The van der Waals surface area contributed by atoms with Gasteiger partial charge in [0.2, 0.25) is 5.91 Å². The second kappa shape index (κ2) is 9.43. The van der Waals surface area contributed by atoms with E-state index in [1.165, 1.54) is 16.9 Å². The lowest BCUT2D eigenvalue weighted by molar-refractivity contribution is -0.123. The number of benzene rings is 2. The van der Waals surface area contributed by atoms with Crippen molar-refractivity contribution in [1.82, 2.24) is 10.3 Å². The first-order chi connectivity index (χ1) is 15.0. The third-order valence-electron chi connectivity index (χ3n) is 5.67. The maximum absolute atomic E-state index is 12.9. The molecule has 2 unspecified atom stereocenters. The monoisotopic (exact) mass is 433 g/mol. The Balaban J connectivity index is 1.34. The number of carbonyl (C=O) groups excluding carboxylic acids is 2. The second-order valence-corrected chi connectivity index (χ2v) is 9.26. The molecule has 5 nitrogen and oxygen atoms in total. The Bertz CT molecular complexity index is 1060. The van der Waals surface area contributed by atoms with Crippen LogP contribution in [0.5, 0.6) is 0 Å². The minimum atomic E-state index is -0.240. The van der Waals surface area contributed by atoms with Crippen molar-refractivity contribution in [3.05, 3.63) is 81.9 Å². The van der Waals surface area contributed by atoms with E-state index in [4.69, 9.17) is 0 Å². The predicted molar refractivity (Wildman–Crippen MR) is 125 cm³/mol. The smallest absolute Gasteiger partial charge is 0.257 e. The number of hydrogen-bond acceptors (Lipinski definition) is 4. The molecule has 0 aliphatic heterocycles. The summed E-state index contributed by atoms with van der Waals surface area (Å²) in [5.41, 5.74) is 3.80. The van der Waals surface area contributed by atoms with Crippen molar-refractivity contribution < 1.29 is 9.59 Å². The Morgan fingerprint density at radius 3 is 2.61 bits per heavy atom. The fourth-order valence-electron chi connectivity index (χ4n) is 3.85. The molecule has 160 valence electrons. The zero-order valence-corrected chi connectivity index (χ0v) is 18.7. The highest BCUT2D eigenvalue weighted by atomic mass is 32.1. The first-order valence-corrected chi connectivity index (χ1v) is 11.5. The number of anilines is 1. The summed E-state index contributed by atoms with van der Waals surface area (Å²) in [7, 11) is 0. The summed E-state index contributed by atoms with van der Waals surface area (Å²) in [5.74, 6) is -0.389. The van der Waals surface area contributed by atoms with Crippen molar-refractivity contribution in [2.75, 3.05) is 5.32 Å². The Hall–Kier alpha value is -2.99. The molecule has 0 spiro atoms. The van der Waals surface area contributed by atoms with Gasteiger partial charge in [0, 0.05) is 16.5 Å². The summed E-state index contributed by atoms with van der Waals surface area (Å²) in [6.07, 6.45) is 3.43. The molecule has 0 radical (unpaired) electrons. The molecular formula is C25H27N3O2S. The van der Waals surface area contributed by atoms with E-state index >= 15 is 0 Å². The standard InChI is InChI=1S/C25H27N3O2S/c1-16-8-12-19(13-9-16)23(29)28-25-27-22-20(14-15-21(22)31-25)24(30)26-17(2)10-11-18-6-4-3-5-7-18/h3-9,12-13,17,20H,10-11,14-15H2,1-2H3,(H,26,30)(H,27,28,29). The number of amides is 2. The van der Waals surface area contributed by atoms with Crippen molar-refractivity contribution in [2.24, 2.45) is 0 Å². The van der Waals surface area contributed by atoms with Gasteiger partial charge in [-0.05, 0) is 57.2 Å². The lowest BCUT2D eigenvalue weighted by Crippen LogP contribution is -2.36. The van der Waals surface area contributed by atoms with E-state index in [-0.39, 0.29) is 23.8 Å². The lowest BCUT2D eigenvalue weighted by atomic mass is 10.0. The molecule has 6 heteroatoms. The molecule has 2 atom stereocenters. The summed E-state index contributed by atoms with van der Waals surface area (Å²) >= 11 is 1.47. The van der Waals surface area contributed by atoms with Crippen molar-refractivity contribution in [3.8, 4) is 0 Å². The molecule has 1 aliphatic carbocycles. The number of aryl methyl sites for hydroxylation is 3. The lowest BCUT2D eigenvalue weighted by Gasteiger charge is -2.17. The van der Waals surface area contributed by atoms with Crippen LogP contribution in [0.15, 0.2) is 54.6 Å². The molecule has 0 saturated heterocycles. The van der Waals surface area contributed by atoms with Crippen LogP contribution in [-0.2, 0) is 17.6 Å². The summed E-state index contributed by atoms with van der Waals surface area (Å²) in [6, 6.07) is 17.8.